The lowest BCUT2D eigenvalue weighted by Gasteiger charge is -2.09. The van der Waals surface area contributed by atoms with Crippen molar-refractivity contribution in [1.82, 2.24) is 5.32 Å². The molecule has 0 radical (unpaired) electrons. The highest BCUT2D eigenvalue weighted by atomic mass is 19.1. The maximum atomic E-state index is 13.3. The monoisotopic (exact) mass is 237 g/mol. The van der Waals surface area contributed by atoms with Gasteiger partial charge in [0.05, 0.1) is 0 Å². The summed E-state index contributed by atoms with van der Waals surface area (Å²) in [5.41, 5.74) is 1.81. The van der Waals surface area contributed by atoms with Gasteiger partial charge < -0.3 is 10.1 Å². The van der Waals surface area contributed by atoms with Crippen molar-refractivity contribution in [3.8, 4) is 5.75 Å². The quantitative estimate of drug-likeness (QED) is 0.580. The summed E-state index contributed by atoms with van der Waals surface area (Å²) in [7, 11) is 0. The molecule has 1 aromatic carbocycles. The number of nitrogens with one attached hydrogen (secondary N) is 1. The van der Waals surface area contributed by atoms with Crippen LogP contribution >= 0.6 is 0 Å². The molecule has 0 unspecified atom stereocenters. The normalized spacial score (nSPS) is 10.3. The average Bonchev–Trinajstić information content (AvgIpc) is 2.26. The molecule has 0 spiro atoms. The van der Waals surface area contributed by atoms with Gasteiger partial charge >= 0.3 is 0 Å². The summed E-state index contributed by atoms with van der Waals surface area (Å²) in [6, 6.07) is 4.78. The van der Waals surface area contributed by atoms with Crippen molar-refractivity contribution in [3.05, 3.63) is 41.7 Å². The Morgan fingerprint density at radius 3 is 2.82 bits per heavy atom. The van der Waals surface area contributed by atoms with E-state index in [9.17, 15) is 4.39 Å². The lowest BCUT2D eigenvalue weighted by molar-refractivity contribution is 0.350. The van der Waals surface area contributed by atoms with Crippen LogP contribution in [0.2, 0.25) is 0 Å². The van der Waals surface area contributed by atoms with Crippen LogP contribution in [0.1, 0.15) is 25.8 Å². The van der Waals surface area contributed by atoms with Gasteiger partial charge in [-0.1, -0.05) is 13.5 Å². The molecule has 0 aliphatic rings. The minimum atomic E-state index is -0.266. The fourth-order valence-corrected chi connectivity index (χ4v) is 1.42. The number of hydrogen-bond donors (Lipinski definition) is 1. The van der Waals surface area contributed by atoms with E-state index in [1.807, 2.05) is 13.0 Å². The number of benzene rings is 1. The van der Waals surface area contributed by atoms with E-state index in [0.29, 0.717) is 18.9 Å². The second-order valence-corrected chi connectivity index (χ2v) is 4.22. The number of halogens is 1. The van der Waals surface area contributed by atoms with Crippen LogP contribution in [0.15, 0.2) is 30.4 Å². The second-order valence-electron chi connectivity index (χ2n) is 4.22. The van der Waals surface area contributed by atoms with Crippen LogP contribution in [0.4, 0.5) is 4.39 Å². The molecule has 3 heteroatoms. The van der Waals surface area contributed by atoms with Crippen molar-refractivity contribution in [3.63, 3.8) is 0 Å². The summed E-state index contributed by atoms with van der Waals surface area (Å²) in [6.45, 7) is 9.73. The first kappa shape index (κ1) is 13.7. The van der Waals surface area contributed by atoms with Gasteiger partial charge in [0.1, 0.15) is 18.2 Å². The first-order chi connectivity index (χ1) is 8.11. The van der Waals surface area contributed by atoms with Crippen LogP contribution in [-0.4, -0.2) is 13.2 Å². The summed E-state index contributed by atoms with van der Waals surface area (Å²) >= 11 is 0. The van der Waals surface area contributed by atoms with Crippen molar-refractivity contribution in [1.29, 1.82) is 0 Å². The third-order valence-electron chi connectivity index (χ3n) is 2.17. The van der Waals surface area contributed by atoms with E-state index in [2.05, 4.69) is 18.8 Å². The Morgan fingerprint density at radius 2 is 2.18 bits per heavy atom. The fraction of sp³-hybridized carbons (Fsp3) is 0.429. The van der Waals surface area contributed by atoms with Gasteiger partial charge in [0.15, 0.2) is 0 Å². The Morgan fingerprint density at radius 1 is 1.41 bits per heavy atom. The fourth-order valence-electron chi connectivity index (χ4n) is 1.42. The Bertz CT molecular complexity index is 376. The van der Waals surface area contributed by atoms with Crippen molar-refractivity contribution in [2.45, 2.75) is 26.8 Å². The lowest BCUT2D eigenvalue weighted by atomic mass is 10.2. The highest BCUT2D eigenvalue weighted by molar-refractivity contribution is 5.29. The molecule has 17 heavy (non-hydrogen) atoms. The van der Waals surface area contributed by atoms with Crippen LogP contribution in [0.5, 0.6) is 5.75 Å². The second kappa shape index (κ2) is 7.07. The molecular weight excluding hydrogens is 217 g/mol. The van der Waals surface area contributed by atoms with Crippen LogP contribution in [0.3, 0.4) is 0 Å². The predicted octanol–water partition coefficient (Wildman–Crippen LogP) is 3.28. The van der Waals surface area contributed by atoms with Gasteiger partial charge in [-0.3, -0.25) is 0 Å². The van der Waals surface area contributed by atoms with Gasteiger partial charge in [0, 0.05) is 12.6 Å². The van der Waals surface area contributed by atoms with Gasteiger partial charge in [-0.05, 0) is 43.2 Å². The Labute approximate surface area is 102 Å². The third kappa shape index (κ3) is 5.50. The smallest absolute Gasteiger partial charge is 0.127 e. The Kier molecular flexibility index (Phi) is 5.70. The molecule has 0 aliphatic heterocycles. The van der Waals surface area contributed by atoms with Crippen molar-refractivity contribution in [2.75, 3.05) is 13.2 Å². The van der Waals surface area contributed by atoms with E-state index in [1.54, 1.807) is 0 Å². The van der Waals surface area contributed by atoms with Crippen LogP contribution in [-0.2, 0) is 6.54 Å². The molecule has 0 fully saturated rings. The van der Waals surface area contributed by atoms with E-state index in [-0.39, 0.29) is 5.82 Å². The maximum absolute atomic E-state index is 13.3. The molecule has 1 N–H and O–H groups in total. The largest absolute Gasteiger partial charge is 0.489 e. The SMILES string of the molecule is C=C(C)COc1cc(F)cc(CNCCC)c1. The number of hydrogen-bond acceptors (Lipinski definition) is 2. The molecule has 94 valence electrons. The van der Waals surface area contributed by atoms with Gasteiger partial charge in [-0.2, -0.15) is 0 Å². The average molecular weight is 237 g/mol. The van der Waals surface area contributed by atoms with Gasteiger partial charge in [-0.15, -0.1) is 0 Å². The van der Waals surface area contributed by atoms with Gasteiger partial charge in [0.2, 0.25) is 0 Å². The molecule has 1 aromatic rings. The first-order valence-corrected chi connectivity index (χ1v) is 5.89. The van der Waals surface area contributed by atoms with Crippen LogP contribution in [0.25, 0.3) is 0 Å². The molecule has 1 rings (SSSR count). The highest BCUT2D eigenvalue weighted by Gasteiger charge is 2.02. The number of rotatable bonds is 7. The minimum Gasteiger partial charge on any atom is -0.489 e. The molecule has 0 aromatic heterocycles. The van der Waals surface area contributed by atoms with Crippen molar-refractivity contribution < 1.29 is 9.13 Å². The molecule has 0 heterocycles. The topological polar surface area (TPSA) is 21.3 Å². The minimum absolute atomic E-state index is 0.266. The van der Waals surface area contributed by atoms with E-state index in [0.717, 1.165) is 24.1 Å². The number of ether oxygens (including phenoxy) is 1. The summed E-state index contributed by atoms with van der Waals surface area (Å²) in [4.78, 5) is 0. The molecule has 0 amide bonds. The molecule has 0 aliphatic carbocycles. The van der Waals surface area contributed by atoms with Gasteiger partial charge in [0.25, 0.3) is 0 Å². The van der Waals surface area contributed by atoms with E-state index >= 15 is 0 Å². The van der Waals surface area contributed by atoms with Crippen molar-refractivity contribution in [2.24, 2.45) is 0 Å². The molecule has 0 atom stereocenters. The Balaban J connectivity index is 2.62. The zero-order valence-electron chi connectivity index (χ0n) is 10.6. The van der Waals surface area contributed by atoms with E-state index in [1.165, 1.54) is 12.1 Å². The standard InChI is InChI=1S/C14H20FNO/c1-4-5-16-9-12-6-13(15)8-14(7-12)17-10-11(2)3/h6-8,16H,2,4-5,9-10H2,1,3H3. The molecule has 0 bridgehead atoms. The maximum Gasteiger partial charge on any atom is 0.127 e. The van der Waals surface area contributed by atoms with Gasteiger partial charge in [-0.25, -0.2) is 4.39 Å². The first-order valence-electron chi connectivity index (χ1n) is 5.89. The predicted molar refractivity (Wildman–Crippen MR) is 68.7 cm³/mol. The zero-order chi connectivity index (χ0) is 12.7. The van der Waals surface area contributed by atoms with Crippen LogP contribution in [0, 0.1) is 5.82 Å². The molecule has 0 saturated carbocycles. The van der Waals surface area contributed by atoms with Crippen molar-refractivity contribution >= 4 is 0 Å². The summed E-state index contributed by atoms with van der Waals surface area (Å²) in [5, 5.41) is 3.23. The summed E-state index contributed by atoms with van der Waals surface area (Å²) in [5.74, 6) is 0.291. The highest BCUT2D eigenvalue weighted by Crippen LogP contribution is 2.17. The third-order valence-corrected chi connectivity index (χ3v) is 2.17. The van der Waals surface area contributed by atoms with Crippen LogP contribution < -0.4 is 10.1 Å². The molecular formula is C14H20FNO. The van der Waals surface area contributed by atoms with E-state index in [4.69, 9.17) is 4.74 Å². The molecule has 0 saturated heterocycles. The lowest BCUT2D eigenvalue weighted by Crippen LogP contribution is -2.14. The summed E-state index contributed by atoms with van der Waals surface area (Å²) in [6.07, 6.45) is 1.06. The summed E-state index contributed by atoms with van der Waals surface area (Å²) < 4.78 is 18.8. The zero-order valence-corrected chi connectivity index (χ0v) is 10.6. The Hall–Kier alpha value is -1.35. The van der Waals surface area contributed by atoms with E-state index < -0.39 is 0 Å². The molecule has 2 nitrogen and oxygen atoms in total.